The van der Waals surface area contributed by atoms with E-state index in [1.54, 1.807) is 0 Å². The Bertz CT molecular complexity index is 234. The quantitative estimate of drug-likeness (QED) is 0.404. The fourth-order valence-corrected chi connectivity index (χ4v) is 2.53. The van der Waals surface area contributed by atoms with Crippen molar-refractivity contribution in [1.82, 2.24) is 0 Å². The van der Waals surface area contributed by atoms with E-state index in [0.717, 1.165) is 0 Å². The molecule has 68 valence electrons. The van der Waals surface area contributed by atoms with Crippen molar-refractivity contribution in [1.29, 1.82) is 0 Å². The first-order valence-electron chi connectivity index (χ1n) is 3.88. The Morgan fingerprint density at radius 2 is 2.33 bits per heavy atom. The average molecular weight is 192 g/mol. The standard InChI is InChI=1S/C5H10BO5P/c6-5-4-1-3(10-5)2-9-12(7,8)11-4/h3-5H,1-2,6H2,(H,7,8)/t3-,4?,5-/m1/s1. The smallest absolute Gasteiger partial charge is 0.379 e. The van der Waals surface area contributed by atoms with Crippen molar-refractivity contribution in [2.24, 2.45) is 0 Å². The zero-order valence-electron chi connectivity index (χ0n) is 6.67. The van der Waals surface area contributed by atoms with Crippen molar-refractivity contribution in [3.63, 3.8) is 0 Å². The van der Waals surface area contributed by atoms with Crippen LogP contribution in [0.4, 0.5) is 0 Å². The summed E-state index contributed by atoms with van der Waals surface area (Å²) in [5, 5.41) is 0. The van der Waals surface area contributed by atoms with Gasteiger partial charge < -0.3 is 9.63 Å². The molecule has 2 rings (SSSR count). The van der Waals surface area contributed by atoms with Crippen LogP contribution in [-0.4, -0.2) is 37.6 Å². The van der Waals surface area contributed by atoms with E-state index in [1.165, 1.54) is 0 Å². The van der Waals surface area contributed by atoms with Gasteiger partial charge in [0.1, 0.15) is 7.85 Å². The van der Waals surface area contributed by atoms with Crippen LogP contribution in [0.3, 0.4) is 0 Å². The third-order valence-corrected chi connectivity index (χ3v) is 3.13. The summed E-state index contributed by atoms with van der Waals surface area (Å²) in [6, 6.07) is -0.112. The molecule has 0 saturated carbocycles. The topological polar surface area (TPSA) is 65.0 Å². The maximum atomic E-state index is 11.0. The van der Waals surface area contributed by atoms with Gasteiger partial charge in [-0.15, -0.1) is 0 Å². The minimum absolute atomic E-state index is 0.0898. The van der Waals surface area contributed by atoms with Crippen LogP contribution in [-0.2, 0) is 18.3 Å². The third kappa shape index (κ3) is 1.58. The van der Waals surface area contributed by atoms with Gasteiger partial charge in [-0.2, -0.15) is 0 Å². The third-order valence-electron chi connectivity index (χ3n) is 2.12. The molecule has 0 aromatic heterocycles. The highest BCUT2D eigenvalue weighted by Crippen LogP contribution is 2.49. The molecule has 0 amide bonds. The van der Waals surface area contributed by atoms with Crippen LogP contribution < -0.4 is 0 Å². The maximum absolute atomic E-state index is 11.0. The molecule has 2 aliphatic heterocycles. The normalized spacial score (nSPS) is 53.6. The first-order valence-corrected chi connectivity index (χ1v) is 5.37. The van der Waals surface area contributed by atoms with Gasteiger partial charge in [-0.05, 0) is 0 Å². The van der Waals surface area contributed by atoms with Crippen LogP contribution in [0.2, 0.25) is 0 Å². The van der Waals surface area contributed by atoms with Crippen molar-refractivity contribution in [3.8, 4) is 0 Å². The lowest BCUT2D eigenvalue weighted by atomic mass is 9.95. The van der Waals surface area contributed by atoms with Gasteiger partial charge in [0.05, 0.1) is 24.8 Å². The predicted octanol–water partition coefficient (Wildman–Crippen LogP) is -0.750. The van der Waals surface area contributed by atoms with Crippen LogP contribution in [0.1, 0.15) is 6.42 Å². The van der Waals surface area contributed by atoms with Crippen LogP contribution in [0.25, 0.3) is 0 Å². The van der Waals surface area contributed by atoms with Gasteiger partial charge in [-0.3, -0.25) is 9.05 Å². The zero-order chi connectivity index (χ0) is 8.77. The molecule has 1 N–H and O–H groups in total. The molecule has 2 bridgehead atoms. The largest absolute Gasteiger partial charge is 0.472 e. The van der Waals surface area contributed by atoms with Gasteiger partial charge in [0, 0.05) is 6.42 Å². The number of hydrogen-bond donors (Lipinski definition) is 1. The molecule has 12 heavy (non-hydrogen) atoms. The highest BCUT2D eigenvalue weighted by atomic mass is 31.2. The SMILES string of the molecule is B[C@@H]1O[C@H]2COP(=O)(O)OC1C2. The van der Waals surface area contributed by atoms with E-state index in [1.807, 2.05) is 7.85 Å². The van der Waals surface area contributed by atoms with E-state index in [4.69, 9.17) is 14.2 Å². The lowest BCUT2D eigenvalue weighted by molar-refractivity contribution is 0.00215. The monoisotopic (exact) mass is 192 g/mol. The van der Waals surface area contributed by atoms with E-state index in [9.17, 15) is 4.57 Å². The number of fused-ring (bicyclic) bond motifs is 2. The fourth-order valence-electron chi connectivity index (χ4n) is 1.51. The number of rotatable bonds is 0. The summed E-state index contributed by atoms with van der Waals surface area (Å²) >= 11 is 0. The van der Waals surface area contributed by atoms with Gasteiger partial charge in [0.2, 0.25) is 0 Å². The molecular formula is C5H10BO5P. The Morgan fingerprint density at radius 3 is 3.08 bits per heavy atom. The van der Waals surface area contributed by atoms with Crippen molar-refractivity contribution in [2.75, 3.05) is 6.61 Å². The van der Waals surface area contributed by atoms with Crippen LogP contribution in [0, 0.1) is 0 Å². The van der Waals surface area contributed by atoms with Gasteiger partial charge in [-0.25, -0.2) is 4.57 Å². The molecule has 0 aliphatic carbocycles. The van der Waals surface area contributed by atoms with E-state index in [-0.39, 0.29) is 24.8 Å². The summed E-state index contributed by atoms with van der Waals surface area (Å²) in [6.45, 7) is 0.147. The second kappa shape index (κ2) is 2.82. The molecule has 0 radical (unpaired) electrons. The van der Waals surface area contributed by atoms with Gasteiger partial charge in [-0.1, -0.05) is 0 Å². The van der Waals surface area contributed by atoms with Crippen molar-refractivity contribution >= 4 is 15.7 Å². The Kier molecular flexibility index (Phi) is 2.05. The van der Waals surface area contributed by atoms with Crippen LogP contribution in [0.15, 0.2) is 0 Å². The molecular weight excluding hydrogens is 182 g/mol. The first-order chi connectivity index (χ1) is 5.57. The summed E-state index contributed by atoms with van der Waals surface area (Å²) in [4.78, 5) is 9.05. The van der Waals surface area contributed by atoms with Gasteiger partial charge in [0.25, 0.3) is 0 Å². The van der Waals surface area contributed by atoms with Crippen molar-refractivity contribution < 1.29 is 23.2 Å². The minimum Gasteiger partial charge on any atom is -0.379 e. The van der Waals surface area contributed by atoms with E-state index >= 15 is 0 Å². The number of phosphoric acid groups is 1. The molecule has 0 aromatic rings. The molecule has 2 fully saturated rings. The van der Waals surface area contributed by atoms with Crippen LogP contribution in [0.5, 0.6) is 0 Å². The maximum Gasteiger partial charge on any atom is 0.472 e. The number of phosphoric ester groups is 1. The molecule has 2 unspecified atom stereocenters. The van der Waals surface area contributed by atoms with E-state index < -0.39 is 7.82 Å². The lowest BCUT2D eigenvalue weighted by Crippen LogP contribution is -2.25. The molecule has 2 saturated heterocycles. The second-order valence-corrected chi connectivity index (χ2v) is 4.51. The minimum atomic E-state index is -3.79. The highest BCUT2D eigenvalue weighted by molar-refractivity contribution is 7.47. The number of ether oxygens (including phenoxy) is 1. The average Bonchev–Trinajstić information content (AvgIpc) is 2.19. The Labute approximate surface area is 71.0 Å². The number of hydrogen-bond acceptors (Lipinski definition) is 4. The molecule has 5 nitrogen and oxygen atoms in total. The molecule has 4 atom stereocenters. The molecule has 2 aliphatic rings. The zero-order valence-corrected chi connectivity index (χ0v) is 7.57. The van der Waals surface area contributed by atoms with Crippen LogP contribution >= 0.6 is 7.82 Å². The van der Waals surface area contributed by atoms with Gasteiger partial charge >= 0.3 is 7.82 Å². The second-order valence-electron chi connectivity index (χ2n) is 3.11. The molecule has 0 aromatic carbocycles. The van der Waals surface area contributed by atoms with Gasteiger partial charge in [0.15, 0.2) is 0 Å². The summed E-state index contributed by atoms with van der Waals surface area (Å²) in [6.07, 6.45) is 0.257. The summed E-state index contributed by atoms with van der Waals surface area (Å²) in [5.41, 5.74) is 0. The molecule has 7 heteroatoms. The predicted molar refractivity (Wildman–Crippen MR) is 42.5 cm³/mol. The lowest BCUT2D eigenvalue weighted by Gasteiger charge is -2.20. The Balaban J connectivity index is 2.15. The summed E-state index contributed by atoms with van der Waals surface area (Å²) < 4.78 is 25.9. The highest BCUT2D eigenvalue weighted by Gasteiger charge is 2.42. The van der Waals surface area contributed by atoms with Crippen molar-refractivity contribution in [3.05, 3.63) is 0 Å². The Hall–Kier alpha value is 0.135. The summed E-state index contributed by atoms with van der Waals surface area (Å²) in [5.74, 6) is 0. The van der Waals surface area contributed by atoms with Crippen molar-refractivity contribution in [2.45, 2.75) is 24.6 Å². The first kappa shape index (κ1) is 8.72. The van der Waals surface area contributed by atoms with E-state index in [0.29, 0.717) is 6.42 Å². The van der Waals surface area contributed by atoms with E-state index in [2.05, 4.69) is 4.52 Å². The molecule has 2 heterocycles. The summed E-state index contributed by atoms with van der Waals surface area (Å²) in [7, 11) is -1.96. The fraction of sp³-hybridized carbons (Fsp3) is 1.00. The molecule has 0 spiro atoms. The Morgan fingerprint density at radius 1 is 1.58 bits per heavy atom.